The van der Waals surface area contributed by atoms with Crippen LogP contribution in [0, 0.1) is 0 Å². The monoisotopic (exact) mass is 230 g/mol. The van der Waals surface area contributed by atoms with Gasteiger partial charge in [-0.25, -0.2) is 0 Å². The zero-order valence-corrected chi connectivity index (χ0v) is 10.4. The summed E-state index contributed by atoms with van der Waals surface area (Å²) in [5.41, 5.74) is 2.11. The second kappa shape index (κ2) is 5.64. The number of allylic oxidation sites excluding steroid dienone is 2. The van der Waals surface area contributed by atoms with Gasteiger partial charge >= 0.3 is 7.60 Å². The van der Waals surface area contributed by atoms with E-state index in [1.807, 2.05) is 13.8 Å². The summed E-state index contributed by atoms with van der Waals surface area (Å²) in [6, 6.07) is 0. The molecule has 4 heteroatoms. The average Bonchev–Trinajstić information content (AvgIpc) is 2.52. The van der Waals surface area contributed by atoms with Crippen LogP contribution in [0.2, 0.25) is 0 Å². The Morgan fingerprint density at radius 3 is 2.33 bits per heavy atom. The van der Waals surface area contributed by atoms with Crippen molar-refractivity contribution in [3.63, 3.8) is 0 Å². The lowest BCUT2D eigenvalue weighted by molar-refractivity contribution is 0.228. The van der Waals surface area contributed by atoms with Crippen LogP contribution >= 0.6 is 7.60 Å². The highest BCUT2D eigenvalue weighted by atomic mass is 31.2. The van der Waals surface area contributed by atoms with Crippen LogP contribution in [0.25, 0.3) is 0 Å². The third-order valence-corrected chi connectivity index (χ3v) is 4.17. The van der Waals surface area contributed by atoms with Crippen molar-refractivity contribution in [1.82, 2.24) is 0 Å². The maximum absolute atomic E-state index is 12.2. The van der Waals surface area contributed by atoms with Gasteiger partial charge in [-0.15, -0.1) is 0 Å². The number of rotatable bonds is 5. The molecule has 0 bridgehead atoms. The van der Waals surface area contributed by atoms with Crippen molar-refractivity contribution in [1.29, 1.82) is 0 Å². The topological polar surface area (TPSA) is 35.5 Å². The first-order valence-electron chi connectivity index (χ1n) is 5.40. The summed E-state index contributed by atoms with van der Waals surface area (Å²) in [5.74, 6) is 1.65. The van der Waals surface area contributed by atoms with Gasteiger partial charge in [0, 0.05) is 5.82 Å². The molecule has 0 spiro atoms. The fraction of sp³-hybridized carbons (Fsp3) is 0.636. The minimum atomic E-state index is -3.03. The third kappa shape index (κ3) is 3.60. The molecule has 0 amide bonds. The van der Waals surface area contributed by atoms with Gasteiger partial charge in [0.25, 0.3) is 0 Å². The van der Waals surface area contributed by atoms with Crippen LogP contribution in [0.1, 0.15) is 33.1 Å². The van der Waals surface area contributed by atoms with Crippen LogP contribution in [0.15, 0.2) is 23.5 Å². The molecule has 0 aromatic carbocycles. The lowest BCUT2D eigenvalue weighted by Gasteiger charge is -2.14. The molecule has 0 aromatic heterocycles. The second-order valence-electron chi connectivity index (χ2n) is 3.49. The molecule has 0 saturated heterocycles. The zero-order valence-electron chi connectivity index (χ0n) is 9.49. The van der Waals surface area contributed by atoms with Gasteiger partial charge in [-0.1, -0.05) is 12.2 Å². The summed E-state index contributed by atoms with van der Waals surface area (Å²) in [7, 11) is -3.03. The van der Waals surface area contributed by atoms with Gasteiger partial charge in [0.1, 0.15) is 0 Å². The lowest BCUT2D eigenvalue weighted by atomic mass is 10.2. The molecule has 0 aliphatic heterocycles. The van der Waals surface area contributed by atoms with E-state index in [0.717, 1.165) is 30.4 Å². The Kier molecular flexibility index (Phi) is 4.78. The van der Waals surface area contributed by atoms with Gasteiger partial charge in [0.15, 0.2) is 0 Å². The van der Waals surface area contributed by atoms with E-state index in [2.05, 4.69) is 6.58 Å². The molecular formula is C11H19O3P. The van der Waals surface area contributed by atoms with E-state index in [4.69, 9.17) is 9.05 Å². The highest BCUT2D eigenvalue weighted by molar-refractivity contribution is 7.57. The summed E-state index contributed by atoms with van der Waals surface area (Å²) in [4.78, 5) is 0. The predicted molar refractivity (Wildman–Crippen MR) is 61.9 cm³/mol. The lowest BCUT2D eigenvalue weighted by Crippen LogP contribution is -1.94. The van der Waals surface area contributed by atoms with E-state index < -0.39 is 7.60 Å². The molecule has 0 unspecified atom stereocenters. The Bertz CT molecular complexity index is 297. The van der Waals surface area contributed by atoms with Crippen molar-refractivity contribution in [2.24, 2.45) is 0 Å². The average molecular weight is 230 g/mol. The van der Waals surface area contributed by atoms with E-state index in [9.17, 15) is 4.57 Å². The van der Waals surface area contributed by atoms with Crippen molar-refractivity contribution in [2.75, 3.05) is 13.2 Å². The Morgan fingerprint density at radius 2 is 1.93 bits per heavy atom. The molecule has 1 saturated carbocycles. The molecule has 0 atom stereocenters. The van der Waals surface area contributed by atoms with Crippen LogP contribution in [0.5, 0.6) is 0 Å². The largest absolute Gasteiger partial charge is 0.354 e. The van der Waals surface area contributed by atoms with Crippen LogP contribution in [0.4, 0.5) is 0 Å². The van der Waals surface area contributed by atoms with E-state index in [-0.39, 0.29) is 0 Å². The Hall–Kier alpha value is -0.370. The quantitative estimate of drug-likeness (QED) is 0.672. The van der Waals surface area contributed by atoms with Gasteiger partial charge in [-0.05, 0) is 38.7 Å². The first-order valence-corrected chi connectivity index (χ1v) is 7.01. The highest BCUT2D eigenvalue weighted by Crippen LogP contribution is 2.52. The molecule has 1 aliphatic carbocycles. The van der Waals surface area contributed by atoms with Crippen molar-refractivity contribution in [3.8, 4) is 0 Å². The predicted octanol–water partition coefficient (Wildman–Crippen LogP) is 3.88. The molecule has 0 aromatic rings. The summed E-state index contributed by atoms with van der Waals surface area (Å²) in [6.45, 7) is 8.36. The smallest absolute Gasteiger partial charge is 0.306 e. The summed E-state index contributed by atoms with van der Waals surface area (Å²) in [6.07, 6.45) is 3.01. The second-order valence-corrected chi connectivity index (χ2v) is 5.34. The fourth-order valence-electron chi connectivity index (χ4n) is 1.65. The molecule has 86 valence electrons. The molecule has 1 rings (SSSR count). The first-order chi connectivity index (χ1) is 7.11. The van der Waals surface area contributed by atoms with E-state index in [1.165, 1.54) is 0 Å². The standard InChI is InChI=1S/C11H19O3P/c1-4-13-15(12,14-5-2)9-11-8-6-7-10(11)3/h9H,3-8H2,1-2H3/b11-9+. The van der Waals surface area contributed by atoms with Crippen molar-refractivity contribution >= 4 is 7.60 Å². The zero-order chi connectivity index (χ0) is 11.3. The number of hydrogen-bond donors (Lipinski definition) is 0. The normalized spacial score (nSPS) is 20.1. The Balaban J connectivity index is 2.81. The maximum Gasteiger partial charge on any atom is 0.354 e. The van der Waals surface area contributed by atoms with Gasteiger partial charge in [0.2, 0.25) is 0 Å². The number of hydrogen-bond acceptors (Lipinski definition) is 3. The molecule has 15 heavy (non-hydrogen) atoms. The minimum Gasteiger partial charge on any atom is -0.306 e. The van der Waals surface area contributed by atoms with E-state index in [1.54, 1.807) is 5.82 Å². The highest BCUT2D eigenvalue weighted by Gasteiger charge is 2.23. The molecule has 0 heterocycles. The molecule has 3 nitrogen and oxygen atoms in total. The molecule has 0 radical (unpaired) electrons. The molecule has 0 N–H and O–H groups in total. The molecule has 1 fully saturated rings. The van der Waals surface area contributed by atoms with Gasteiger partial charge < -0.3 is 9.05 Å². The SMILES string of the molecule is C=C1CCC/C1=C\P(=O)(OCC)OCC. The van der Waals surface area contributed by atoms with Gasteiger partial charge in [0.05, 0.1) is 13.2 Å². The minimum absolute atomic E-state index is 0.396. The van der Waals surface area contributed by atoms with Crippen molar-refractivity contribution in [3.05, 3.63) is 23.5 Å². The summed E-state index contributed by atoms with van der Waals surface area (Å²) >= 11 is 0. The van der Waals surface area contributed by atoms with E-state index >= 15 is 0 Å². The first kappa shape index (κ1) is 12.7. The van der Waals surface area contributed by atoms with Crippen LogP contribution < -0.4 is 0 Å². The van der Waals surface area contributed by atoms with Crippen molar-refractivity contribution in [2.45, 2.75) is 33.1 Å². The van der Waals surface area contributed by atoms with Gasteiger partial charge in [-0.3, -0.25) is 4.57 Å². The van der Waals surface area contributed by atoms with Crippen LogP contribution in [-0.4, -0.2) is 13.2 Å². The summed E-state index contributed by atoms with van der Waals surface area (Å²) in [5, 5.41) is 0. The van der Waals surface area contributed by atoms with Gasteiger partial charge in [-0.2, -0.15) is 0 Å². The maximum atomic E-state index is 12.2. The Morgan fingerprint density at radius 1 is 1.33 bits per heavy atom. The van der Waals surface area contributed by atoms with Crippen molar-refractivity contribution < 1.29 is 13.6 Å². The molecule has 1 aliphatic rings. The summed E-state index contributed by atoms with van der Waals surface area (Å²) < 4.78 is 22.5. The molecular weight excluding hydrogens is 211 g/mol. The third-order valence-electron chi connectivity index (χ3n) is 2.31. The van der Waals surface area contributed by atoms with Crippen LogP contribution in [-0.2, 0) is 13.6 Å². The Labute approximate surface area is 91.7 Å². The fourth-order valence-corrected chi connectivity index (χ4v) is 3.28. The van der Waals surface area contributed by atoms with E-state index in [0.29, 0.717) is 13.2 Å². The van der Waals surface area contributed by atoms with Crippen LogP contribution in [0.3, 0.4) is 0 Å².